The lowest BCUT2D eigenvalue weighted by Crippen LogP contribution is -2.46. The fourth-order valence-electron chi connectivity index (χ4n) is 3.79. The van der Waals surface area contributed by atoms with Crippen molar-refractivity contribution in [3.8, 4) is 0 Å². The van der Waals surface area contributed by atoms with Crippen molar-refractivity contribution in [3.05, 3.63) is 65.7 Å². The molecule has 2 unspecified atom stereocenters. The molecule has 2 aromatic carbocycles. The summed E-state index contributed by atoms with van der Waals surface area (Å²) < 4.78 is 6.08. The lowest BCUT2D eigenvalue weighted by Gasteiger charge is -2.36. The van der Waals surface area contributed by atoms with Crippen LogP contribution in [0.15, 0.2) is 59.7 Å². The van der Waals surface area contributed by atoms with Gasteiger partial charge in [-0.3, -0.25) is 0 Å². The van der Waals surface area contributed by atoms with E-state index in [1.54, 1.807) is 0 Å². The second-order valence-electron chi connectivity index (χ2n) is 6.06. The predicted molar refractivity (Wildman–Crippen MR) is 85.7 cm³/mol. The molecule has 1 fully saturated rings. The summed E-state index contributed by atoms with van der Waals surface area (Å²) in [6.45, 7) is 1.41. The third-order valence-electron chi connectivity index (χ3n) is 4.82. The van der Waals surface area contributed by atoms with Crippen molar-refractivity contribution in [1.29, 1.82) is 0 Å². The van der Waals surface area contributed by atoms with Crippen LogP contribution in [0.4, 0.5) is 5.69 Å². The van der Waals surface area contributed by atoms with Gasteiger partial charge in [0.05, 0.1) is 17.8 Å². The van der Waals surface area contributed by atoms with Crippen molar-refractivity contribution >= 4 is 11.5 Å². The van der Waals surface area contributed by atoms with Gasteiger partial charge in [-0.15, -0.1) is 0 Å². The third-order valence-corrected chi connectivity index (χ3v) is 4.82. The highest BCUT2D eigenvalue weighted by atomic mass is 16.5. The molecule has 1 aliphatic carbocycles. The number of morpholine rings is 1. The van der Waals surface area contributed by atoms with Gasteiger partial charge in [0.2, 0.25) is 0 Å². The second-order valence-corrected chi connectivity index (χ2v) is 6.06. The molecule has 2 heterocycles. The summed E-state index contributed by atoms with van der Waals surface area (Å²) >= 11 is 0. The molecule has 2 aliphatic heterocycles. The highest BCUT2D eigenvalue weighted by Gasteiger charge is 2.44. The van der Waals surface area contributed by atoms with Crippen LogP contribution in [-0.4, -0.2) is 30.1 Å². The van der Waals surface area contributed by atoms with E-state index in [0.717, 1.165) is 24.6 Å². The van der Waals surface area contributed by atoms with E-state index in [0.29, 0.717) is 12.6 Å². The number of hydrogen-bond acceptors (Lipinski definition) is 4. The van der Waals surface area contributed by atoms with Crippen molar-refractivity contribution in [3.63, 3.8) is 0 Å². The van der Waals surface area contributed by atoms with Crippen LogP contribution < -0.4 is 5.01 Å². The topological polar surface area (TPSA) is 28.1 Å². The fourth-order valence-corrected chi connectivity index (χ4v) is 3.79. The maximum absolute atomic E-state index is 6.08. The van der Waals surface area contributed by atoms with Gasteiger partial charge in [0.1, 0.15) is 13.3 Å². The van der Waals surface area contributed by atoms with Gasteiger partial charge in [-0.05, 0) is 23.3 Å². The summed E-state index contributed by atoms with van der Waals surface area (Å²) in [7, 11) is 0. The van der Waals surface area contributed by atoms with Crippen LogP contribution in [0, 0.1) is 0 Å². The summed E-state index contributed by atoms with van der Waals surface area (Å²) in [5, 5.41) is 6.84. The number of para-hydroxylation sites is 1. The molecule has 0 amide bonds. The minimum Gasteiger partial charge on any atom is -0.367 e. The Morgan fingerprint density at radius 3 is 2.73 bits per heavy atom. The van der Waals surface area contributed by atoms with Gasteiger partial charge < -0.3 is 9.64 Å². The van der Waals surface area contributed by atoms with E-state index in [4.69, 9.17) is 9.84 Å². The van der Waals surface area contributed by atoms with E-state index in [1.165, 1.54) is 11.1 Å². The Morgan fingerprint density at radius 1 is 1.00 bits per heavy atom. The monoisotopic (exact) mass is 291 g/mol. The molecule has 4 heteroatoms. The summed E-state index contributed by atoms with van der Waals surface area (Å²) in [5.41, 5.74) is 3.94. The summed E-state index contributed by atoms with van der Waals surface area (Å²) in [5.74, 6) is 1.04. The summed E-state index contributed by atoms with van der Waals surface area (Å²) in [6, 6.07) is 19.3. The van der Waals surface area contributed by atoms with Crippen molar-refractivity contribution in [2.45, 2.75) is 18.6 Å². The Hall–Kier alpha value is -2.33. The molecule has 0 radical (unpaired) electrons. The number of nitrogens with zero attached hydrogens (tertiary/aromatic N) is 3. The summed E-state index contributed by atoms with van der Waals surface area (Å²) in [6.07, 6.45) is 1.27. The highest BCUT2D eigenvalue weighted by Crippen LogP contribution is 2.42. The van der Waals surface area contributed by atoms with Crippen molar-refractivity contribution < 1.29 is 4.74 Å². The number of anilines is 1. The smallest absolute Gasteiger partial charge is 0.153 e. The highest BCUT2D eigenvalue weighted by molar-refractivity contribution is 5.88. The van der Waals surface area contributed by atoms with E-state index in [-0.39, 0.29) is 6.10 Å². The van der Waals surface area contributed by atoms with Gasteiger partial charge in [0.25, 0.3) is 0 Å². The van der Waals surface area contributed by atoms with Gasteiger partial charge in [-0.2, -0.15) is 5.10 Å². The standard InChI is InChI=1S/C18H17N3O/c1-2-7-14(8-3-1)21-12-20-17(19-21)11-22-16-10-13-6-4-5-9-15(13)18(16)20/h1-9,16,18H,10-12H2. The van der Waals surface area contributed by atoms with Crippen LogP contribution in [-0.2, 0) is 11.2 Å². The quantitative estimate of drug-likeness (QED) is 0.809. The first-order valence-electron chi connectivity index (χ1n) is 7.76. The molecule has 0 N–H and O–H groups in total. The van der Waals surface area contributed by atoms with E-state index in [9.17, 15) is 0 Å². The van der Waals surface area contributed by atoms with E-state index >= 15 is 0 Å². The molecule has 2 atom stereocenters. The van der Waals surface area contributed by atoms with Gasteiger partial charge in [-0.1, -0.05) is 42.5 Å². The predicted octanol–water partition coefficient (Wildman–Crippen LogP) is 2.78. The molecule has 110 valence electrons. The first-order chi connectivity index (χ1) is 10.9. The van der Waals surface area contributed by atoms with Gasteiger partial charge >= 0.3 is 0 Å². The zero-order chi connectivity index (χ0) is 14.5. The second kappa shape index (κ2) is 4.58. The Bertz CT molecular complexity index is 743. The molecule has 2 aromatic rings. The van der Waals surface area contributed by atoms with Crippen molar-refractivity contribution in [2.75, 3.05) is 18.3 Å². The first kappa shape index (κ1) is 12.2. The average molecular weight is 291 g/mol. The van der Waals surface area contributed by atoms with E-state index in [1.807, 2.05) is 6.07 Å². The molecule has 3 aliphatic rings. The Morgan fingerprint density at radius 2 is 1.82 bits per heavy atom. The fraction of sp³-hybridized carbons (Fsp3) is 0.278. The third kappa shape index (κ3) is 1.70. The zero-order valence-corrected chi connectivity index (χ0v) is 12.2. The average Bonchev–Trinajstić information content (AvgIpc) is 3.16. The molecule has 5 rings (SSSR count). The van der Waals surface area contributed by atoms with Crippen LogP contribution >= 0.6 is 0 Å². The number of ether oxygens (including phenoxy) is 1. The van der Waals surface area contributed by atoms with Gasteiger partial charge in [0, 0.05) is 6.42 Å². The Labute approximate surface area is 129 Å². The molecule has 1 saturated heterocycles. The van der Waals surface area contributed by atoms with Crippen molar-refractivity contribution in [1.82, 2.24) is 4.90 Å². The van der Waals surface area contributed by atoms with Crippen LogP contribution in [0.5, 0.6) is 0 Å². The number of hydrazone groups is 1. The normalized spacial score (nSPS) is 25.5. The van der Waals surface area contributed by atoms with E-state index < -0.39 is 0 Å². The minimum atomic E-state index is 0.257. The Kier molecular flexibility index (Phi) is 2.55. The number of hydrogen-bond donors (Lipinski definition) is 0. The Balaban J connectivity index is 1.50. The maximum atomic E-state index is 6.08. The molecule has 0 spiro atoms. The maximum Gasteiger partial charge on any atom is 0.153 e. The molecular weight excluding hydrogens is 274 g/mol. The first-order valence-corrected chi connectivity index (χ1v) is 7.76. The molecule has 0 bridgehead atoms. The van der Waals surface area contributed by atoms with Gasteiger partial charge in [-0.25, -0.2) is 5.01 Å². The van der Waals surface area contributed by atoms with Gasteiger partial charge in [0.15, 0.2) is 5.84 Å². The number of fused-ring (bicyclic) bond motifs is 5. The van der Waals surface area contributed by atoms with Crippen LogP contribution in [0.25, 0.3) is 0 Å². The van der Waals surface area contributed by atoms with Crippen molar-refractivity contribution in [2.24, 2.45) is 5.10 Å². The van der Waals surface area contributed by atoms with Crippen LogP contribution in [0.3, 0.4) is 0 Å². The summed E-state index contributed by atoms with van der Waals surface area (Å²) in [4.78, 5) is 2.41. The SMILES string of the molecule is c1ccc(N2CN3C(=N2)COC2Cc4ccccc4C23)cc1. The largest absolute Gasteiger partial charge is 0.367 e. The number of amidine groups is 1. The molecule has 0 saturated carbocycles. The molecule has 4 nitrogen and oxygen atoms in total. The number of benzene rings is 2. The van der Waals surface area contributed by atoms with Crippen LogP contribution in [0.2, 0.25) is 0 Å². The van der Waals surface area contributed by atoms with Crippen LogP contribution in [0.1, 0.15) is 17.2 Å². The minimum absolute atomic E-state index is 0.257. The number of rotatable bonds is 1. The molecule has 22 heavy (non-hydrogen) atoms. The molecular formula is C18H17N3O. The lowest BCUT2D eigenvalue weighted by atomic mass is 10.1. The zero-order valence-electron chi connectivity index (χ0n) is 12.2. The van der Waals surface area contributed by atoms with E-state index in [2.05, 4.69) is 58.4 Å². The molecule has 0 aromatic heterocycles. The lowest BCUT2D eigenvalue weighted by molar-refractivity contribution is 0.00539.